The van der Waals surface area contributed by atoms with Gasteiger partial charge in [0.1, 0.15) is 0 Å². The van der Waals surface area contributed by atoms with Crippen molar-refractivity contribution in [2.75, 3.05) is 33.2 Å². The number of nitrogens with one attached hydrogen (secondary N) is 1. The highest BCUT2D eigenvalue weighted by molar-refractivity contribution is 7.86. The third kappa shape index (κ3) is 2.40. The van der Waals surface area contributed by atoms with Crippen LogP contribution in [0.4, 0.5) is 0 Å². The van der Waals surface area contributed by atoms with Crippen LogP contribution in [0.15, 0.2) is 0 Å². The van der Waals surface area contributed by atoms with Gasteiger partial charge in [0.2, 0.25) is 0 Å². The molecule has 0 bridgehead atoms. The predicted molar refractivity (Wildman–Crippen MR) is 63.3 cm³/mol. The van der Waals surface area contributed by atoms with Crippen molar-refractivity contribution in [3.05, 3.63) is 0 Å². The van der Waals surface area contributed by atoms with Gasteiger partial charge in [-0.15, -0.1) is 0 Å². The fourth-order valence-corrected chi connectivity index (χ4v) is 3.74. The molecule has 1 unspecified atom stereocenters. The van der Waals surface area contributed by atoms with E-state index in [1.54, 1.807) is 15.7 Å². The number of piperazine rings is 1. The highest BCUT2D eigenvalue weighted by atomic mass is 32.2. The van der Waals surface area contributed by atoms with Crippen molar-refractivity contribution in [1.82, 2.24) is 13.9 Å². The quantitative estimate of drug-likeness (QED) is 0.753. The smallest absolute Gasteiger partial charge is 0.282 e. The number of hydrogen-bond acceptors (Lipinski definition) is 3. The summed E-state index contributed by atoms with van der Waals surface area (Å²) in [6.07, 6.45) is 2.34. The van der Waals surface area contributed by atoms with Gasteiger partial charge < -0.3 is 5.32 Å². The molecule has 1 N–H and O–H groups in total. The van der Waals surface area contributed by atoms with Gasteiger partial charge in [-0.2, -0.15) is 17.0 Å². The Kier molecular flexibility index (Phi) is 3.53. The number of rotatable bonds is 4. The van der Waals surface area contributed by atoms with Gasteiger partial charge >= 0.3 is 0 Å². The van der Waals surface area contributed by atoms with Crippen molar-refractivity contribution in [2.24, 2.45) is 5.92 Å². The molecule has 1 aliphatic carbocycles. The molecule has 0 radical (unpaired) electrons. The lowest BCUT2D eigenvalue weighted by Gasteiger charge is -2.33. The summed E-state index contributed by atoms with van der Waals surface area (Å²) < 4.78 is 27.7. The standard InChI is InChI=1S/C10H21N3O2S/c1-9(10-3-4-10)12(2)16(14,15)13-7-5-11-6-8-13/h9-11H,3-8H2,1-2H3. The second-order valence-corrected chi connectivity index (χ2v) is 6.74. The van der Waals surface area contributed by atoms with Crippen LogP contribution in [0.2, 0.25) is 0 Å². The molecule has 1 heterocycles. The summed E-state index contributed by atoms with van der Waals surface area (Å²) in [5.41, 5.74) is 0. The summed E-state index contributed by atoms with van der Waals surface area (Å²) in [5.74, 6) is 0.572. The molecule has 1 atom stereocenters. The lowest BCUT2D eigenvalue weighted by molar-refractivity contribution is 0.292. The van der Waals surface area contributed by atoms with E-state index in [1.165, 1.54) is 12.8 Å². The van der Waals surface area contributed by atoms with Gasteiger partial charge in [-0.05, 0) is 25.7 Å². The van der Waals surface area contributed by atoms with Crippen LogP contribution in [-0.2, 0) is 10.2 Å². The zero-order chi connectivity index (χ0) is 11.8. The number of hydrogen-bond donors (Lipinski definition) is 1. The Morgan fingerprint density at radius 2 is 1.88 bits per heavy atom. The summed E-state index contributed by atoms with van der Waals surface area (Å²) in [5, 5.41) is 3.17. The molecule has 0 aromatic carbocycles. The molecule has 2 fully saturated rings. The molecule has 2 aliphatic rings. The van der Waals surface area contributed by atoms with Crippen molar-refractivity contribution < 1.29 is 8.42 Å². The predicted octanol–water partition coefficient (Wildman–Crippen LogP) is -0.133. The highest BCUT2D eigenvalue weighted by Crippen LogP contribution is 2.35. The van der Waals surface area contributed by atoms with Gasteiger partial charge in [0.25, 0.3) is 10.2 Å². The van der Waals surface area contributed by atoms with Crippen LogP contribution in [0, 0.1) is 5.92 Å². The molecule has 16 heavy (non-hydrogen) atoms. The molecule has 0 spiro atoms. The normalized spacial score (nSPS) is 25.9. The Morgan fingerprint density at radius 3 is 2.38 bits per heavy atom. The maximum absolute atomic E-state index is 12.3. The molecular formula is C10H21N3O2S. The Balaban J connectivity index is 2.04. The molecule has 6 heteroatoms. The molecule has 0 aromatic heterocycles. The van der Waals surface area contributed by atoms with E-state index in [1.807, 2.05) is 6.92 Å². The van der Waals surface area contributed by atoms with Crippen molar-refractivity contribution in [3.8, 4) is 0 Å². The van der Waals surface area contributed by atoms with Gasteiger partial charge in [-0.3, -0.25) is 0 Å². The van der Waals surface area contributed by atoms with E-state index in [0.29, 0.717) is 19.0 Å². The molecule has 0 aromatic rings. The third-order valence-corrected chi connectivity index (χ3v) is 5.72. The summed E-state index contributed by atoms with van der Waals surface area (Å²) in [6.45, 7) is 4.70. The minimum absolute atomic E-state index is 0.139. The van der Waals surface area contributed by atoms with E-state index >= 15 is 0 Å². The minimum Gasteiger partial charge on any atom is -0.314 e. The lowest BCUT2D eigenvalue weighted by atomic mass is 10.2. The minimum atomic E-state index is -3.24. The van der Waals surface area contributed by atoms with Gasteiger partial charge in [0, 0.05) is 39.3 Å². The summed E-state index contributed by atoms with van der Waals surface area (Å²) in [6, 6.07) is 0.139. The molecule has 1 aliphatic heterocycles. The first-order valence-corrected chi connectivity index (χ1v) is 7.37. The zero-order valence-corrected chi connectivity index (χ0v) is 10.8. The zero-order valence-electron chi connectivity index (χ0n) is 10.0. The second kappa shape index (κ2) is 4.60. The van der Waals surface area contributed by atoms with Crippen molar-refractivity contribution >= 4 is 10.2 Å². The SMILES string of the molecule is CC(C1CC1)N(C)S(=O)(=O)N1CCNCC1. The van der Waals surface area contributed by atoms with Crippen LogP contribution in [0.25, 0.3) is 0 Å². The summed E-state index contributed by atoms with van der Waals surface area (Å²) in [7, 11) is -1.53. The fraction of sp³-hybridized carbons (Fsp3) is 1.00. The molecule has 1 saturated heterocycles. The van der Waals surface area contributed by atoms with E-state index in [-0.39, 0.29) is 6.04 Å². The Bertz CT molecular complexity index is 334. The van der Waals surface area contributed by atoms with E-state index in [2.05, 4.69) is 5.32 Å². The van der Waals surface area contributed by atoms with Gasteiger partial charge in [-0.1, -0.05) is 0 Å². The maximum atomic E-state index is 12.3. The average Bonchev–Trinajstić information content (AvgIpc) is 3.12. The second-order valence-electron chi connectivity index (χ2n) is 4.75. The molecule has 1 saturated carbocycles. The van der Waals surface area contributed by atoms with E-state index in [0.717, 1.165) is 13.1 Å². The molecular weight excluding hydrogens is 226 g/mol. The lowest BCUT2D eigenvalue weighted by Crippen LogP contribution is -2.52. The first-order chi connectivity index (χ1) is 7.53. The maximum Gasteiger partial charge on any atom is 0.282 e. The van der Waals surface area contributed by atoms with E-state index in [9.17, 15) is 8.42 Å². The Hall–Kier alpha value is -0.170. The largest absolute Gasteiger partial charge is 0.314 e. The van der Waals surface area contributed by atoms with Crippen LogP contribution in [0.3, 0.4) is 0 Å². The monoisotopic (exact) mass is 247 g/mol. The molecule has 5 nitrogen and oxygen atoms in total. The average molecular weight is 247 g/mol. The van der Waals surface area contributed by atoms with Crippen LogP contribution in [0.5, 0.6) is 0 Å². The Labute approximate surface area is 98.0 Å². The number of nitrogens with zero attached hydrogens (tertiary/aromatic N) is 2. The topological polar surface area (TPSA) is 52.7 Å². The highest BCUT2D eigenvalue weighted by Gasteiger charge is 2.38. The first kappa shape index (κ1) is 12.3. The van der Waals surface area contributed by atoms with E-state index in [4.69, 9.17) is 0 Å². The van der Waals surface area contributed by atoms with Crippen LogP contribution in [-0.4, -0.2) is 56.3 Å². The van der Waals surface area contributed by atoms with Crippen LogP contribution < -0.4 is 5.32 Å². The third-order valence-electron chi connectivity index (χ3n) is 3.64. The van der Waals surface area contributed by atoms with Crippen molar-refractivity contribution in [2.45, 2.75) is 25.8 Å². The van der Waals surface area contributed by atoms with E-state index < -0.39 is 10.2 Å². The first-order valence-electron chi connectivity index (χ1n) is 5.97. The molecule has 94 valence electrons. The van der Waals surface area contributed by atoms with Crippen molar-refractivity contribution in [1.29, 1.82) is 0 Å². The van der Waals surface area contributed by atoms with Crippen LogP contribution in [0.1, 0.15) is 19.8 Å². The van der Waals surface area contributed by atoms with Gasteiger partial charge in [-0.25, -0.2) is 0 Å². The molecule has 2 rings (SSSR count). The summed E-state index contributed by atoms with van der Waals surface area (Å²) >= 11 is 0. The van der Waals surface area contributed by atoms with Gasteiger partial charge in [0.15, 0.2) is 0 Å². The fourth-order valence-electron chi connectivity index (χ4n) is 2.14. The van der Waals surface area contributed by atoms with Crippen LogP contribution >= 0.6 is 0 Å². The Morgan fingerprint density at radius 1 is 1.31 bits per heavy atom. The van der Waals surface area contributed by atoms with Crippen molar-refractivity contribution in [3.63, 3.8) is 0 Å². The molecule has 0 amide bonds. The van der Waals surface area contributed by atoms with Gasteiger partial charge in [0.05, 0.1) is 0 Å². The summed E-state index contributed by atoms with van der Waals surface area (Å²) in [4.78, 5) is 0.